The van der Waals surface area contributed by atoms with Crippen molar-refractivity contribution < 1.29 is 17.9 Å². The second kappa shape index (κ2) is 5.85. The van der Waals surface area contributed by atoms with Crippen LogP contribution in [0.25, 0.3) is 0 Å². The van der Waals surface area contributed by atoms with Crippen LogP contribution in [0.3, 0.4) is 0 Å². The Kier molecular flexibility index (Phi) is 4.05. The van der Waals surface area contributed by atoms with Crippen molar-refractivity contribution in [2.24, 2.45) is 5.92 Å². The average molecular weight is 325 g/mol. The Morgan fingerprint density at radius 3 is 2.86 bits per heavy atom. The monoisotopic (exact) mass is 325 g/mol. The maximum absolute atomic E-state index is 12.2. The molecular formula is C14H19N3O4S. The summed E-state index contributed by atoms with van der Waals surface area (Å²) in [6.07, 6.45) is 1.58. The lowest BCUT2D eigenvalue weighted by Gasteiger charge is -2.32. The smallest absolute Gasteiger partial charge is 0.281 e. The van der Waals surface area contributed by atoms with Crippen molar-refractivity contribution in [2.45, 2.75) is 30.9 Å². The molecule has 2 heterocycles. The molecule has 0 aromatic carbocycles. The van der Waals surface area contributed by atoms with E-state index in [4.69, 9.17) is 4.74 Å². The highest BCUT2D eigenvalue weighted by molar-refractivity contribution is 7.90. The van der Waals surface area contributed by atoms with Gasteiger partial charge in [0.25, 0.3) is 10.0 Å². The van der Waals surface area contributed by atoms with E-state index < -0.39 is 15.9 Å². The second-order valence-corrected chi connectivity index (χ2v) is 7.33. The first-order chi connectivity index (χ1) is 10.5. The van der Waals surface area contributed by atoms with E-state index in [0.717, 1.165) is 12.8 Å². The number of nitrogens with one attached hydrogen (secondary N) is 1. The molecule has 1 N–H and O–H groups in total. The van der Waals surface area contributed by atoms with Crippen molar-refractivity contribution in [3.8, 4) is 0 Å². The van der Waals surface area contributed by atoms with Crippen molar-refractivity contribution in [1.82, 2.24) is 9.71 Å². The van der Waals surface area contributed by atoms with Crippen LogP contribution in [0.5, 0.6) is 0 Å². The summed E-state index contributed by atoms with van der Waals surface area (Å²) in [6.45, 7) is 3.86. The van der Waals surface area contributed by atoms with E-state index in [1.807, 2.05) is 11.8 Å². The van der Waals surface area contributed by atoms with Crippen LogP contribution >= 0.6 is 0 Å². The van der Waals surface area contributed by atoms with Crippen molar-refractivity contribution in [1.29, 1.82) is 0 Å². The molecule has 1 saturated carbocycles. The summed E-state index contributed by atoms with van der Waals surface area (Å²) in [5.41, 5.74) is 0. The molecule has 3 rings (SSSR count). The van der Waals surface area contributed by atoms with E-state index in [1.54, 1.807) is 12.1 Å². The SMILES string of the molecule is CC1CN(c2cccc(S(=O)(=O)NC(=O)C3CC3)n2)CCO1. The summed E-state index contributed by atoms with van der Waals surface area (Å²) >= 11 is 0. The van der Waals surface area contributed by atoms with E-state index in [-0.39, 0.29) is 17.0 Å². The third kappa shape index (κ3) is 3.38. The Morgan fingerprint density at radius 2 is 2.18 bits per heavy atom. The number of sulfonamides is 1. The van der Waals surface area contributed by atoms with Gasteiger partial charge in [0.2, 0.25) is 5.91 Å². The number of pyridine rings is 1. The molecule has 22 heavy (non-hydrogen) atoms. The Morgan fingerprint density at radius 1 is 1.41 bits per heavy atom. The van der Waals surface area contributed by atoms with Crippen molar-refractivity contribution >= 4 is 21.7 Å². The fourth-order valence-corrected chi connectivity index (χ4v) is 3.38. The molecule has 1 saturated heterocycles. The van der Waals surface area contributed by atoms with Gasteiger partial charge in [-0.1, -0.05) is 6.07 Å². The molecule has 1 aliphatic heterocycles. The number of morpholine rings is 1. The lowest BCUT2D eigenvalue weighted by atomic mass is 10.3. The molecule has 1 atom stereocenters. The molecule has 8 heteroatoms. The molecule has 0 radical (unpaired) electrons. The Hall–Kier alpha value is -1.67. The molecule has 1 aromatic heterocycles. The first kappa shape index (κ1) is 15.2. The summed E-state index contributed by atoms with van der Waals surface area (Å²) in [7, 11) is -3.91. The molecule has 7 nitrogen and oxygen atoms in total. The predicted molar refractivity (Wildman–Crippen MR) is 79.9 cm³/mol. The summed E-state index contributed by atoms with van der Waals surface area (Å²) < 4.78 is 32.0. The van der Waals surface area contributed by atoms with Gasteiger partial charge in [0, 0.05) is 19.0 Å². The molecular weight excluding hydrogens is 306 g/mol. The average Bonchev–Trinajstić information content (AvgIpc) is 3.32. The topological polar surface area (TPSA) is 88.6 Å². The normalized spacial score (nSPS) is 22.4. The van der Waals surface area contributed by atoms with Crippen LogP contribution in [-0.2, 0) is 19.6 Å². The minimum atomic E-state index is -3.91. The fourth-order valence-electron chi connectivity index (χ4n) is 2.37. The van der Waals surface area contributed by atoms with Crippen molar-refractivity contribution in [3.63, 3.8) is 0 Å². The zero-order valence-corrected chi connectivity index (χ0v) is 13.2. The maximum Gasteiger partial charge on any atom is 0.281 e. The number of amides is 1. The van der Waals surface area contributed by atoms with Gasteiger partial charge in [0.15, 0.2) is 5.03 Å². The standard InChI is InChI=1S/C14H19N3O4S/c1-10-9-17(7-8-21-10)12-3-2-4-13(15-12)22(19,20)16-14(18)11-5-6-11/h2-4,10-11H,5-9H2,1H3,(H,16,18). The van der Waals surface area contributed by atoms with Crippen LogP contribution < -0.4 is 9.62 Å². The summed E-state index contributed by atoms with van der Waals surface area (Å²) in [5, 5.41) is -0.127. The van der Waals surface area contributed by atoms with Gasteiger partial charge in [-0.2, -0.15) is 8.42 Å². The van der Waals surface area contributed by atoms with Gasteiger partial charge in [-0.15, -0.1) is 0 Å². The van der Waals surface area contributed by atoms with Crippen LogP contribution in [-0.4, -0.2) is 45.1 Å². The van der Waals surface area contributed by atoms with Gasteiger partial charge in [0.05, 0.1) is 12.7 Å². The van der Waals surface area contributed by atoms with Gasteiger partial charge in [-0.05, 0) is 31.9 Å². The largest absolute Gasteiger partial charge is 0.375 e. The number of anilines is 1. The predicted octanol–water partition coefficient (Wildman–Crippen LogP) is 0.522. The van der Waals surface area contributed by atoms with Gasteiger partial charge >= 0.3 is 0 Å². The van der Waals surface area contributed by atoms with Gasteiger partial charge < -0.3 is 9.64 Å². The number of ether oxygens (including phenoxy) is 1. The molecule has 1 amide bonds. The van der Waals surface area contributed by atoms with E-state index >= 15 is 0 Å². The molecule has 120 valence electrons. The Labute approximate surface area is 129 Å². The zero-order chi connectivity index (χ0) is 15.7. The van der Waals surface area contributed by atoms with Crippen molar-refractivity contribution in [2.75, 3.05) is 24.6 Å². The third-order valence-electron chi connectivity index (χ3n) is 3.73. The number of carbonyl (C=O) groups excluding carboxylic acids is 1. The van der Waals surface area contributed by atoms with E-state index in [2.05, 4.69) is 9.71 Å². The van der Waals surface area contributed by atoms with E-state index in [9.17, 15) is 13.2 Å². The number of rotatable bonds is 4. The lowest BCUT2D eigenvalue weighted by Crippen LogP contribution is -2.41. The quantitative estimate of drug-likeness (QED) is 0.868. The lowest BCUT2D eigenvalue weighted by molar-refractivity contribution is -0.120. The van der Waals surface area contributed by atoms with Crippen LogP contribution in [0.4, 0.5) is 5.82 Å². The fraction of sp³-hybridized carbons (Fsp3) is 0.571. The van der Waals surface area contributed by atoms with Crippen LogP contribution in [0, 0.1) is 5.92 Å². The summed E-state index contributed by atoms with van der Waals surface area (Å²) in [6, 6.07) is 4.80. The van der Waals surface area contributed by atoms with Crippen LogP contribution in [0.2, 0.25) is 0 Å². The minimum Gasteiger partial charge on any atom is -0.375 e. The van der Waals surface area contributed by atoms with E-state index in [1.165, 1.54) is 6.07 Å². The first-order valence-corrected chi connectivity index (χ1v) is 8.84. The van der Waals surface area contributed by atoms with Crippen LogP contribution in [0.1, 0.15) is 19.8 Å². The Balaban J connectivity index is 1.79. The number of carbonyl (C=O) groups is 1. The van der Waals surface area contributed by atoms with Gasteiger partial charge in [-0.3, -0.25) is 4.79 Å². The first-order valence-electron chi connectivity index (χ1n) is 7.36. The van der Waals surface area contributed by atoms with E-state index in [0.29, 0.717) is 25.5 Å². The van der Waals surface area contributed by atoms with Gasteiger partial charge in [-0.25, -0.2) is 9.71 Å². The Bertz CT molecular complexity index is 672. The molecule has 2 aliphatic rings. The third-order valence-corrected chi connectivity index (χ3v) is 4.98. The second-order valence-electron chi connectivity index (χ2n) is 5.71. The minimum absolute atomic E-state index is 0.0744. The molecule has 1 aromatic rings. The molecule has 1 aliphatic carbocycles. The molecule has 2 fully saturated rings. The highest BCUT2D eigenvalue weighted by Crippen LogP contribution is 2.29. The zero-order valence-electron chi connectivity index (χ0n) is 12.4. The number of aromatic nitrogens is 1. The number of hydrogen-bond acceptors (Lipinski definition) is 6. The molecule has 0 bridgehead atoms. The number of nitrogens with zero attached hydrogens (tertiary/aromatic N) is 2. The summed E-state index contributed by atoms with van der Waals surface area (Å²) in [4.78, 5) is 17.9. The number of hydrogen-bond donors (Lipinski definition) is 1. The highest BCUT2D eigenvalue weighted by Gasteiger charge is 2.33. The van der Waals surface area contributed by atoms with Gasteiger partial charge in [0.1, 0.15) is 5.82 Å². The van der Waals surface area contributed by atoms with Crippen LogP contribution in [0.15, 0.2) is 23.2 Å². The highest BCUT2D eigenvalue weighted by atomic mass is 32.2. The molecule has 1 unspecified atom stereocenters. The maximum atomic E-state index is 12.2. The molecule has 0 spiro atoms. The van der Waals surface area contributed by atoms with Crippen molar-refractivity contribution in [3.05, 3.63) is 18.2 Å². The summed E-state index contributed by atoms with van der Waals surface area (Å²) in [5.74, 6) is -0.0258.